The SMILES string of the molecule is Clc1ccc(Br)cc1CNCCc1c[nH]c2ccccc12. The monoisotopic (exact) mass is 362 g/mol. The lowest BCUT2D eigenvalue weighted by Gasteiger charge is -2.07. The molecule has 1 heterocycles. The third kappa shape index (κ3) is 3.49. The summed E-state index contributed by atoms with van der Waals surface area (Å²) in [5, 5.41) is 5.56. The second kappa shape index (κ2) is 6.65. The van der Waals surface area contributed by atoms with Gasteiger partial charge in [0, 0.05) is 33.1 Å². The fourth-order valence-electron chi connectivity index (χ4n) is 2.46. The molecule has 0 bridgehead atoms. The standard InChI is InChI=1S/C17H16BrClN2/c18-14-5-6-16(19)13(9-14)10-20-8-7-12-11-21-17-4-2-1-3-15(12)17/h1-6,9,11,20-21H,7-8,10H2. The predicted octanol–water partition coefficient (Wildman–Crippen LogP) is 4.92. The topological polar surface area (TPSA) is 27.8 Å². The summed E-state index contributed by atoms with van der Waals surface area (Å²) in [6, 6.07) is 14.3. The van der Waals surface area contributed by atoms with E-state index in [2.05, 4.69) is 62.8 Å². The van der Waals surface area contributed by atoms with Crippen molar-refractivity contribution < 1.29 is 0 Å². The summed E-state index contributed by atoms with van der Waals surface area (Å²) in [5.74, 6) is 0. The summed E-state index contributed by atoms with van der Waals surface area (Å²) >= 11 is 9.66. The molecule has 0 unspecified atom stereocenters. The third-order valence-electron chi connectivity index (χ3n) is 3.57. The number of aromatic nitrogens is 1. The van der Waals surface area contributed by atoms with E-state index in [9.17, 15) is 0 Å². The van der Waals surface area contributed by atoms with Gasteiger partial charge < -0.3 is 10.3 Å². The molecule has 0 aliphatic rings. The number of benzene rings is 2. The molecule has 108 valence electrons. The Morgan fingerprint density at radius 3 is 2.86 bits per heavy atom. The Kier molecular flexibility index (Phi) is 4.63. The van der Waals surface area contributed by atoms with E-state index < -0.39 is 0 Å². The minimum Gasteiger partial charge on any atom is -0.361 e. The van der Waals surface area contributed by atoms with Crippen molar-refractivity contribution >= 4 is 38.4 Å². The van der Waals surface area contributed by atoms with Gasteiger partial charge >= 0.3 is 0 Å². The lowest BCUT2D eigenvalue weighted by molar-refractivity contribution is 0.688. The van der Waals surface area contributed by atoms with Crippen molar-refractivity contribution in [3.05, 3.63) is 69.3 Å². The van der Waals surface area contributed by atoms with Gasteiger partial charge in [-0.3, -0.25) is 0 Å². The molecule has 0 radical (unpaired) electrons. The molecule has 21 heavy (non-hydrogen) atoms. The number of hydrogen-bond donors (Lipinski definition) is 2. The Bertz CT molecular complexity index is 751. The van der Waals surface area contributed by atoms with E-state index in [1.165, 1.54) is 16.5 Å². The Morgan fingerprint density at radius 1 is 1.10 bits per heavy atom. The molecular formula is C17H16BrClN2. The summed E-state index contributed by atoms with van der Waals surface area (Å²) in [6.45, 7) is 1.70. The molecule has 1 aromatic heterocycles. The van der Waals surface area contributed by atoms with Gasteiger partial charge in [0.2, 0.25) is 0 Å². The van der Waals surface area contributed by atoms with Crippen molar-refractivity contribution in [1.82, 2.24) is 10.3 Å². The first-order valence-electron chi connectivity index (χ1n) is 6.93. The number of fused-ring (bicyclic) bond motifs is 1. The number of aromatic amines is 1. The fourth-order valence-corrected chi connectivity index (χ4v) is 3.06. The molecule has 0 spiro atoms. The highest BCUT2D eigenvalue weighted by Gasteiger charge is 2.03. The van der Waals surface area contributed by atoms with Crippen LogP contribution in [0, 0.1) is 0 Å². The average Bonchev–Trinajstić information content (AvgIpc) is 2.90. The molecule has 0 saturated heterocycles. The number of nitrogens with one attached hydrogen (secondary N) is 2. The molecule has 3 rings (SSSR count). The van der Waals surface area contributed by atoms with Crippen LogP contribution in [-0.2, 0) is 13.0 Å². The van der Waals surface area contributed by atoms with E-state index in [4.69, 9.17) is 11.6 Å². The van der Waals surface area contributed by atoms with Crippen molar-refractivity contribution in [1.29, 1.82) is 0 Å². The molecule has 0 saturated carbocycles. The van der Waals surface area contributed by atoms with Crippen molar-refractivity contribution in [3.8, 4) is 0 Å². The molecule has 4 heteroatoms. The second-order valence-corrected chi connectivity index (χ2v) is 6.34. The molecule has 0 atom stereocenters. The van der Waals surface area contributed by atoms with E-state index >= 15 is 0 Å². The number of H-pyrrole nitrogens is 1. The normalized spacial score (nSPS) is 11.1. The first kappa shape index (κ1) is 14.6. The Morgan fingerprint density at radius 2 is 1.95 bits per heavy atom. The Labute approximate surface area is 137 Å². The molecule has 3 aromatic rings. The average molecular weight is 364 g/mol. The third-order valence-corrected chi connectivity index (χ3v) is 4.43. The van der Waals surface area contributed by atoms with Crippen LogP contribution in [0.5, 0.6) is 0 Å². The second-order valence-electron chi connectivity index (χ2n) is 5.02. The number of hydrogen-bond acceptors (Lipinski definition) is 1. The van der Waals surface area contributed by atoms with E-state index in [0.717, 1.165) is 34.6 Å². The molecule has 2 N–H and O–H groups in total. The van der Waals surface area contributed by atoms with E-state index in [-0.39, 0.29) is 0 Å². The van der Waals surface area contributed by atoms with E-state index in [1.807, 2.05) is 12.1 Å². The molecule has 2 aromatic carbocycles. The maximum atomic E-state index is 6.19. The lowest BCUT2D eigenvalue weighted by Crippen LogP contribution is -2.16. The van der Waals surface area contributed by atoms with Crippen LogP contribution in [-0.4, -0.2) is 11.5 Å². The van der Waals surface area contributed by atoms with Crippen molar-refractivity contribution in [3.63, 3.8) is 0 Å². The smallest absolute Gasteiger partial charge is 0.0456 e. The van der Waals surface area contributed by atoms with Crippen LogP contribution in [0.2, 0.25) is 5.02 Å². The first-order chi connectivity index (χ1) is 10.2. The maximum Gasteiger partial charge on any atom is 0.0456 e. The first-order valence-corrected chi connectivity index (χ1v) is 8.11. The van der Waals surface area contributed by atoms with Gasteiger partial charge in [-0.2, -0.15) is 0 Å². The van der Waals surface area contributed by atoms with Crippen LogP contribution in [0.3, 0.4) is 0 Å². The highest BCUT2D eigenvalue weighted by molar-refractivity contribution is 9.10. The highest BCUT2D eigenvalue weighted by atomic mass is 79.9. The van der Waals surface area contributed by atoms with Crippen LogP contribution in [0.4, 0.5) is 0 Å². The van der Waals surface area contributed by atoms with Crippen LogP contribution < -0.4 is 5.32 Å². The quantitative estimate of drug-likeness (QED) is 0.619. The lowest BCUT2D eigenvalue weighted by atomic mass is 10.1. The maximum absolute atomic E-state index is 6.19. The summed E-state index contributed by atoms with van der Waals surface area (Å²) in [4.78, 5) is 3.31. The number of para-hydroxylation sites is 1. The minimum atomic E-state index is 0.778. The Hall–Kier alpha value is -1.29. The molecule has 2 nitrogen and oxygen atoms in total. The van der Waals surface area contributed by atoms with Gasteiger partial charge in [0.15, 0.2) is 0 Å². The largest absolute Gasteiger partial charge is 0.361 e. The molecule has 0 aliphatic carbocycles. The van der Waals surface area contributed by atoms with Crippen LogP contribution in [0.1, 0.15) is 11.1 Å². The van der Waals surface area contributed by atoms with Crippen molar-refractivity contribution in [2.24, 2.45) is 0 Å². The predicted molar refractivity (Wildman–Crippen MR) is 92.9 cm³/mol. The fraction of sp³-hybridized carbons (Fsp3) is 0.176. The van der Waals surface area contributed by atoms with Gasteiger partial charge in [-0.25, -0.2) is 0 Å². The summed E-state index contributed by atoms with van der Waals surface area (Å²) in [5.41, 5.74) is 3.66. The molecule has 0 amide bonds. The highest BCUT2D eigenvalue weighted by Crippen LogP contribution is 2.21. The van der Waals surface area contributed by atoms with Gasteiger partial charge in [0.25, 0.3) is 0 Å². The summed E-state index contributed by atoms with van der Waals surface area (Å²) < 4.78 is 1.06. The van der Waals surface area contributed by atoms with Crippen LogP contribution >= 0.6 is 27.5 Å². The van der Waals surface area contributed by atoms with Crippen LogP contribution in [0.25, 0.3) is 10.9 Å². The van der Waals surface area contributed by atoms with Crippen molar-refractivity contribution in [2.45, 2.75) is 13.0 Å². The number of halogens is 2. The van der Waals surface area contributed by atoms with Gasteiger partial charge in [-0.1, -0.05) is 45.7 Å². The molecular weight excluding hydrogens is 348 g/mol. The van der Waals surface area contributed by atoms with Crippen LogP contribution in [0.15, 0.2) is 53.1 Å². The minimum absolute atomic E-state index is 0.778. The van der Waals surface area contributed by atoms with Gasteiger partial charge in [0.05, 0.1) is 0 Å². The van der Waals surface area contributed by atoms with Gasteiger partial charge in [0.1, 0.15) is 0 Å². The molecule has 0 fully saturated rings. The zero-order valence-electron chi connectivity index (χ0n) is 11.5. The molecule has 0 aliphatic heterocycles. The zero-order valence-corrected chi connectivity index (χ0v) is 13.8. The zero-order chi connectivity index (χ0) is 14.7. The summed E-state index contributed by atoms with van der Waals surface area (Å²) in [6.07, 6.45) is 3.09. The van der Waals surface area contributed by atoms with Gasteiger partial charge in [-0.15, -0.1) is 0 Å². The van der Waals surface area contributed by atoms with Crippen molar-refractivity contribution in [2.75, 3.05) is 6.54 Å². The van der Waals surface area contributed by atoms with E-state index in [0.29, 0.717) is 0 Å². The Balaban J connectivity index is 1.58. The summed E-state index contributed by atoms with van der Waals surface area (Å²) in [7, 11) is 0. The van der Waals surface area contributed by atoms with Gasteiger partial charge in [-0.05, 0) is 48.4 Å². The number of rotatable bonds is 5. The van der Waals surface area contributed by atoms with E-state index in [1.54, 1.807) is 0 Å².